The fourth-order valence-corrected chi connectivity index (χ4v) is 3.68. The molecule has 1 N–H and O–H groups in total. The lowest BCUT2D eigenvalue weighted by Gasteiger charge is -2.33. The molecule has 6 nitrogen and oxygen atoms in total. The SMILES string of the molecule is COCCCN(C)C(=O)N1C(C(=O)O)CSC1C(C)C. The number of ether oxygens (including phenoxy) is 1. The summed E-state index contributed by atoms with van der Waals surface area (Å²) in [5, 5.41) is 9.21. The number of nitrogens with zero attached hydrogens (tertiary/aromatic N) is 2. The molecule has 2 unspecified atom stereocenters. The molecule has 1 aliphatic rings. The number of carbonyl (C=O) groups is 2. The first-order valence-corrected chi connectivity index (χ1v) is 7.81. The van der Waals surface area contributed by atoms with Gasteiger partial charge in [-0.2, -0.15) is 0 Å². The third-order valence-corrected chi connectivity index (χ3v) is 4.90. The Hall–Kier alpha value is -0.950. The molecule has 116 valence electrons. The minimum Gasteiger partial charge on any atom is -0.480 e. The van der Waals surface area contributed by atoms with Crippen molar-refractivity contribution < 1.29 is 19.4 Å². The van der Waals surface area contributed by atoms with E-state index in [0.717, 1.165) is 6.42 Å². The van der Waals surface area contributed by atoms with Crippen LogP contribution in [0.15, 0.2) is 0 Å². The van der Waals surface area contributed by atoms with Crippen molar-refractivity contribution in [1.82, 2.24) is 9.80 Å². The third-order valence-electron chi connectivity index (χ3n) is 3.28. The number of amides is 2. The van der Waals surface area contributed by atoms with Crippen LogP contribution in [-0.4, -0.2) is 71.4 Å². The zero-order valence-corrected chi connectivity index (χ0v) is 13.4. The van der Waals surface area contributed by atoms with E-state index in [-0.39, 0.29) is 17.3 Å². The summed E-state index contributed by atoms with van der Waals surface area (Å²) >= 11 is 1.54. The van der Waals surface area contributed by atoms with Gasteiger partial charge in [-0.05, 0) is 12.3 Å². The topological polar surface area (TPSA) is 70.1 Å². The van der Waals surface area contributed by atoms with E-state index in [9.17, 15) is 14.7 Å². The first-order chi connectivity index (χ1) is 9.40. The summed E-state index contributed by atoms with van der Waals surface area (Å²) in [5.41, 5.74) is 0. The van der Waals surface area contributed by atoms with Crippen molar-refractivity contribution in [3.8, 4) is 0 Å². The maximum atomic E-state index is 12.5. The van der Waals surface area contributed by atoms with Gasteiger partial charge in [0.15, 0.2) is 0 Å². The predicted molar refractivity (Wildman–Crippen MR) is 78.9 cm³/mol. The van der Waals surface area contributed by atoms with Gasteiger partial charge in [0.2, 0.25) is 0 Å². The maximum Gasteiger partial charge on any atom is 0.327 e. The summed E-state index contributed by atoms with van der Waals surface area (Å²) in [6.07, 6.45) is 0.740. The van der Waals surface area contributed by atoms with Crippen LogP contribution in [0, 0.1) is 5.92 Å². The molecule has 0 aromatic rings. The van der Waals surface area contributed by atoms with E-state index in [1.54, 1.807) is 30.8 Å². The van der Waals surface area contributed by atoms with E-state index in [1.807, 2.05) is 13.8 Å². The van der Waals surface area contributed by atoms with E-state index in [1.165, 1.54) is 4.90 Å². The second-order valence-corrected chi connectivity index (χ2v) is 6.43. The Balaban J connectivity index is 2.75. The Kier molecular flexibility index (Phi) is 6.61. The zero-order chi connectivity index (χ0) is 15.3. The minimum atomic E-state index is -0.931. The standard InChI is InChI=1S/C13H24N2O4S/c1-9(2)11-15(10(8-20-11)12(16)17)13(18)14(3)6-5-7-19-4/h9-11H,5-8H2,1-4H3,(H,16,17). The van der Waals surface area contributed by atoms with Crippen molar-refractivity contribution in [2.45, 2.75) is 31.7 Å². The first kappa shape index (κ1) is 17.1. The molecule has 0 bridgehead atoms. The number of hydrogen-bond acceptors (Lipinski definition) is 4. The van der Waals surface area contributed by atoms with E-state index in [4.69, 9.17) is 4.74 Å². The van der Waals surface area contributed by atoms with E-state index < -0.39 is 12.0 Å². The predicted octanol–water partition coefficient (Wildman–Crippen LogP) is 1.56. The number of carboxylic acid groups (broad SMARTS) is 1. The maximum absolute atomic E-state index is 12.5. The number of urea groups is 1. The van der Waals surface area contributed by atoms with Crippen LogP contribution >= 0.6 is 11.8 Å². The molecule has 0 radical (unpaired) electrons. The van der Waals surface area contributed by atoms with Crippen LogP contribution in [0.4, 0.5) is 4.79 Å². The number of hydrogen-bond donors (Lipinski definition) is 1. The summed E-state index contributed by atoms with van der Waals surface area (Å²) in [5.74, 6) is -0.254. The van der Waals surface area contributed by atoms with Gasteiger partial charge in [-0.1, -0.05) is 13.8 Å². The molecule has 0 aromatic heterocycles. The molecule has 1 fully saturated rings. The Morgan fingerprint density at radius 1 is 1.50 bits per heavy atom. The molecular formula is C13H24N2O4S. The van der Waals surface area contributed by atoms with Gasteiger partial charge in [0.1, 0.15) is 6.04 Å². The van der Waals surface area contributed by atoms with Crippen LogP contribution in [0.3, 0.4) is 0 Å². The van der Waals surface area contributed by atoms with Gasteiger partial charge in [-0.15, -0.1) is 11.8 Å². The average Bonchev–Trinajstić information content (AvgIpc) is 2.82. The summed E-state index contributed by atoms with van der Waals surface area (Å²) in [7, 11) is 3.32. The highest BCUT2D eigenvalue weighted by Crippen LogP contribution is 2.34. The molecule has 1 saturated heterocycles. The van der Waals surface area contributed by atoms with Crippen molar-refractivity contribution in [2.24, 2.45) is 5.92 Å². The molecule has 20 heavy (non-hydrogen) atoms. The number of aliphatic carboxylic acids is 1. The minimum absolute atomic E-state index is 0.0755. The highest BCUT2D eigenvalue weighted by Gasteiger charge is 2.43. The number of methoxy groups -OCH3 is 1. The molecule has 2 atom stereocenters. The Morgan fingerprint density at radius 3 is 2.65 bits per heavy atom. The van der Waals surface area contributed by atoms with Crippen LogP contribution < -0.4 is 0 Å². The Labute approximate surface area is 124 Å². The van der Waals surface area contributed by atoms with E-state index >= 15 is 0 Å². The fraction of sp³-hybridized carbons (Fsp3) is 0.846. The van der Waals surface area contributed by atoms with Gasteiger partial charge in [0.25, 0.3) is 0 Å². The monoisotopic (exact) mass is 304 g/mol. The number of rotatable bonds is 6. The Morgan fingerprint density at radius 2 is 2.15 bits per heavy atom. The van der Waals surface area contributed by atoms with Gasteiger partial charge >= 0.3 is 12.0 Å². The number of carboxylic acids is 1. The van der Waals surface area contributed by atoms with E-state index in [0.29, 0.717) is 18.9 Å². The highest BCUT2D eigenvalue weighted by molar-refractivity contribution is 8.00. The molecule has 2 amide bonds. The smallest absolute Gasteiger partial charge is 0.327 e. The molecule has 1 rings (SSSR count). The number of thioether (sulfide) groups is 1. The van der Waals surface area contributed by atoms with Crippen LogP contribution in [-0.2, 0) is 9.53 Å². The van der Waals surface area contributed by atoms with Crippen molar-refractivity contribution in [3.63, 3.8) is 0 Å². The van der Waals surface area contributed by atoms with Crippen molar-refractivity contribution in [2.75, 3.05) is 33.1 Å². The average molecular weight is 304 g/mol. The lowest BCUT2D eigenvalue weighted by Crippen LogP contribution is -2.52. The molecular weight excluding hydrogens is 280 g/mol. The van der Waals surface area contributed by atoms with Gasteiger partial charge in [0.05, 0.1) is 5.37 Å². The fourth-order valence-electron chi connectivity index (χ4n) is 2.21. The second kappa shape index (κ2) is 7.73. The molecule has 0 saturated carbocycles. The first-order valence-electron chi connectivity index (χ1n) is 6.77. The summed E-state index contributed by atoms with van der Waals surface area (Å²) in [6.45, 7) is 5.16. The molecule has 0 aromatic carbocycles. The molecule has 1 heterocycles. The van der Waals surface area contributed by atoms with Crippen LogP contribution in [0.25, 0.3) is 0 Å². The Bertz CT molecular complexity index is 351. The van der Waals surface area contributed by atoms with Crippen LogP contribution in [0.5, 0.6) is 0 Å². The lowest BCUT2D eigenvalue weighted by atomic mass is 10.1. The molecule has 1 aliphatic heterocycles. The molecule has 0 aliphatic carbocycles. The van der Waals surface area contributed by atoms with Gasteiger partial charge in [-0.25, -0.2) is 9.59 Å². The van der Waals surface area contributed by atoms with Crippen molar-refractivity contribution in [3.05, 3.63) is 0 Å². The van der Waals surface area contributed by atoms with Crippen LogP contribution in [0.1, 0.15) is 20.3 Å². The largest absolute Gasteiger partial charge is 0.480 e. The number of carbonyl (C=O) groups excluding carboxylic acids is 1. The zero-order valence-electron chi connectivity index (χ0n) is 12.5. The third kappa shape index (κ3) is 4.02. The lowest BCUT2D eigenvalue weighted by molar-refractivity contribution is -0.141. The van der Waals surface area contributed by atoms with Crippen molar-refractivity contribution >= 4 is 23.8 Å². The molecule has 0 spiro atoms. The summed E-state index contributed by atoms with van der Waals surface area (Å²) in [6, 6.07) is -0.943. The van der Waals surface area contributed by atoms with Crippen molar-refractivity contribution in [1.29, 1.82) is 0 Å². The van der Waals surface area contributed by atoms with Gasteiger partial charge < -0.3 is 14.7 Å². The molecule has 7 heteroatoms. The second-order valence-electron chi connectivity index (χ2n) is 5.28. The van der Waals surface area contributed by atoms with Gasteiger partial charge in [-0.3, -0.25) is 4.90 Å². The van der Waals surface area contributed by atoms with Crippen LogP contribution in [0.2, 0.25) is 0 Å². The summed E-state index contributed by atoms with van der Waals surface area (Å²) in [4.78, 5) is 26.9. The van der Waals surface area contributed by atoms with E-state index in [2.05, 4.69) is 0 Å². The van der Waals surface area contributed by atoms with Gasteiger partial charge in [0, 0.05) is 33.1 Å². The summed E-state index contributed by atoms with van der Waals surface area (Å²) < 4.78 is 4.97. The quantitative estimate of drug-likeness (QED) is 0.754. The highest BCUT2D eigenvalue weighted by atomic mass is 32.2. The normalized spacial score (nSPS) is 22.4.